The van der Waals surface area contributed by atoms with Gasteiger partial charge in [0.2, 0.25) is 11.9 Å². The Kier molecular flexibility index (Phi) is 17.4. The van der Waals surface area contributed by atoms with E-state index in [2.05, 4.69) is 79.8 Å². The van der Waals surface area contributed by atoms with Crippen molar-refractivity contribution in [3.63, 3.8) is 0 Å². The second-order valence-corrected chi connectivity index (χ2v) is 23.0. The van der Waals surface area contributed by atoms with Crippen molar-refractivity contribution < 1.29 is 42.2 Å². The van der Waals surface area contributed by atoms with Crippen LogP contribution in [-0.4, -0.2) is 102 Å². The van der Waals surface area contributed by atoms with E-state index >= 15 is 0 Å². The highest BCUT2D eigenvalue weighted by Gasteiger charge is 2.56. The molecule has 0 aliphatic carbocycles. The second kappa shape index (κ2) is 22.1. The van der Waals surface area contributed by atoms with Gasteiger partial charge in [-0.25, -0.2) is 4.98 Å². The number of aromatic amines is 1. The van der Waals surface area contributed by atoms with Crippen LogP contribution in [0.5, 0.6) is 11.5 Å². The molecule has 5 aromatic rings. The number of benzene rings is 3. The maximum atomic E-state index is 13.2. The molecule has 1 fully saturated rings. The number of fused-ring (bicyclic) bond motifs is 1. The molecule has 5 atom stereocenters. The molecule has 65 heavy (non-hydrogen) atoms. The summed E-state index contributed by atoms with van der Waals surface area (Å²) in [5.41, 5.74) is 0.556. The van der Waals surface area contributed by atoms with Crippen LogP contribution in [0.3, 0.4) is 0 Å². The van der Waals surface area contributed by atoms with E-state index in [-0.39, 0.29) is 34.7 Å². The average molecular weight is 934 g/mol. The lowest BCUT2D eigenvalue weighted by molar-refractivity contribution is -0.118. The molecule has 1 amide bonds. The summed E-state index contributed by atoms with van der Waals surface area (Å²) in [4.78, 5) is 49.9. The van der Waals surface area contributed by atoms with Gasteiger partial charge in [0.15, 0.2) is 31.8 Å². The molecule has 3 N–H and O–H groups in total. The van der Waals surface area contributed by atoms with Crippen molar-refractivity contribution in [2.45, 2.75) is 104 Å². The quantitative estimate of drug-likeness (QED) is 0.0432. The molecule has 3 aromatic carbocycles. The van der Waals surface area contributed by atoms with Crippen LogP contribution in [0.15, 0.2) is 90.0 Å². The molecule has 18 heteroatoms. The summed E-state index contributed by atoms with van der Waals surface area (Å²) in [5.74, 6) is 0.475. The van der Waals surface area contributed by atoms with Crippen molar-refractivity contribution in [3.8, 4) is 11.5 Å². The molecule has 1 saturated heterocycles. The Bertz CT molecular complexity index is 2330. The standard InChI is InChI=1S/C41H50N5O10PSi.C6H15N/c1-25(2)36(47)44-39-43-35-32(37(48)45-39)42-24-46(35)38-34(55-57(49)50)33(56-58(8,9)40(3,4)5)31(54-38)23-53-41(26-13-11-10-12-14-26,27-15-19-29(51-6)20-16-27)28-17-21-30(52-7)22-18-28;1-4-7(5-2)6-3/h10-22,24-25,31,33-34,38H,23H2,1-9H3,(H2-,43,44,45,47,48,49,50);4-6H2,1-3H3/p+1/t31-,33-,34+,38-;/m1./s1. The minimum absolute atomic E-state index is 0.0399. The van der Waals surface area contributed by atoms with Gasteiger partial charge in [-0.1, -0.05) is 110 Å². The number of hydrogen-bond acceptors (Lipinski definition) is 12. The van der Waals surface area contributed by atoms with Gasteiger partial charge in [0, 0.05) is 10.5 Å². The van der Waals surface area contributed by atoms with Crippen molar-refractivity contribution in [1.29, 1.82) is 0 Å². The van der Waals surface area contributed by atoms with E-state index in [1.807, 2.05) is 78.9 Å². The zero-order valence-corrected chi connectivity index (χ0v) is 41.6. The van der Waals surface area contributed by atoms with Gasteiger partial charge in [0.25, 0.3) is 5.56 Å². The van der Waals surface area contributed by atoms with Gasteiger partial charge in [-0.3, -0.25) is 24.5 Å². The number of H-pyrrole nitrogens is 1. The number of nitrogens with zero attached hydrogens (tertiary/aromatic N) is 4. The molecule has 3 heterocycles. The Labute approximate surface area is 384 Å². The smallest absolute Gasteiger partial charge is 0.497 e. The molecule has 2 aromatic heterocycles. The number of hydrogen-bond donors (Lipinski definition) is 3. The largest absolute Gasteiger partial charge is 0.695 e. The Hall–Kier alpha value is -4.84. The van der Waals surface area contributed by atoms with Crippen molar-refractivity contribution in [2.24, 2.45) is 5.92 Å². The van der Waals surface area contributed by atoms with E-state index < -0.39 is 58.2 Å². The van der Waals surface area contributed by atoms with Crippen molar-refractivity contribution in [1.82, 2.24) is 24.4 Å². The SMILES string of the molecule is CCN(CC)CC.COc1ccc(C(OC[C@H]2O[C@@H](n3cnc4c(=O)[nH]c(NC(=O)C(C)C)nc43)[C@@H](O[P+](=O)O)[C@@H]2O[Si](C)(C)C(C)(C)C)(c2ccccc2)c2ccc(OC)cc2)cc1. The molecule has 16 nitrogen and oxygen atoms in total. The first-order chi connectivity index (χ1) is 30.8. The third-order valence-electron chi connectivity index (χ3n) is 12.2. The molecule has 352 valence electrons. The number of ether oxygens (including phenoxy) is 4. The number of nitrogens with one attached hydrogen (secondary N) is 2. The van der Waals surface area contributed by atoms with E-state index in [0.717, 1.165) is 16.7 Å². The summed E-state index contributed by atoms with van der Waals surface area (Å²) in [5, 5.41) is 2.34. The fourth-order valence-electron chi connectivity index (χ4n) is 7.33. The number of aromatic nitrogens is 4. The fraction of sp³-hybridized carbons (Fsp3) is 0.489. The molecular weight excluding hydrogens is 868 g/mol. The number of rotatable bonds is 18. The van der Waals surface area contributed by atoms with Crippen LogP contribution < -0.4 is 20.3 Å². The van der Waals surface area contributed by atoms with E-state index in [0.29, 0.717) is 11.5 Å². The highest BCUT2D eigenvalue weighted by molar-refractivity contribution is 7.32. The first-order valence-corrected chi connectivity index (χ1v) is 26.0. The summed E-state index contributed by atoms with van der Waals surface area (Å²) in [7, 11) is -2.66. The number of amides is 1. The van der Waals surface area contributed by atoms with Crippen LogP contribution in [0, 0.1) is 5.92 Å². The predicted molar refractivity (Wildman–Crippen MR) is 254 cm³/mol. The Balaban J connectivity index is 0.00000105. The van der Waals surface area contributed by atoms with Crippen LogP contribution in [0.25, 0.3) is 11.2 Å². The first-order valence-electron chi connectivity index (χ1n) is 22.0. The normalized spacial score (nSPS) is 18.1. The van der Waals surface area contributed by atoms with Gasteiger partial charge in [0.1, 0.15) is 29.3 Å². The van der Waals surface area contributed by atoms with Crippen molar-refractivity contribution in [2.75, 3.05) is 45.8 Å². The monoisotopic (exact) mass is 933 g/mol. The summed E-state index contributed by atoms with van der Waals surface area (Å²) < 4.78 is 52.1. The van der Waals surface area contributed by atoms with E-state index in [1.165, 1.54) is 30.5 Å². The van der Waals surface area contributed by atoms with Gasteiger partial charge in [-0.2, -0.15) is 4.98 Å². The third-order valence-corrected chi connectivity index (χ3v) is 17.1. The fourth-order valence-corrected chi connectivity index (χ4v) is 9.08. The highest BCUT2D eigenvalue weighted by atomic mass is 31.1. The minimum Gasteiger partial charge on any atom is -0.497 e. The minimum atomic E-state index is -3.19. The van der Waals surface area contributed by atoms with Crippen LogP contribution in [0.4, 0.5) is 5.95 Å². The maximum Gasteiger partial charge on any atom is 0.695 e. The molecular formula is C47H66N6O10PSi+. The number of carbonyl (C=O) groups is 1. The topological polar surface area (TPSA) is 189 Å². The zero-order valence-electron chi connectivity index (χ0n) is 39.7. The summed E-state index contributed by atoms with van der Waals surface area (Å²) >= 11 is 0. The van der Waals surface area contributed by atoms with Crippen LogP contribution in [0.1, 0.15) is 78.3 Å². The van der Waals surface area contributed by atoms with Crippen molar-refractivity contribution in [3.05, 3.63) is 112 Å². The number of imidazole rings is 1. The Morgan fingerprint density at radius 1 is 0.908 bits per heavy atom. The average Bonchev–Trinajstić information content (AvgIpc) is 3.85. The van der Waals surface area contributed by atoms with Crippen LogP contribution in [0.2, 0.25) is 18.1 Å². The van der Waals surface area contributed by atoms with Gasteiger partial charge in [-0.05, 0) is 78.7 Å². The molecule has 0 radical (unpaired) electrons. The van der Waals surface area contributed by atoms with E-state index in [1.54, 1.807) is 28.1 Å². The molecule has 0 bridgehead atoms. The van der Waals surface area contributed by atoms with Crippen LogP contribution in [-0.2, 0) is 33.4 Å². The second-order valence-electron chi connectivity index (χ2n) is 17.5. The van der Waals surface area contributed by atoms with Gasteiger partial charge in [-0.15, -0.1) is 9.42 Å². The lowest BCUT2D eigenvalue weighted by Gasteiger charge is -2.41. The van der Waals surface area contributed by atoms with E-state index in [9.17, 15) is 19.0 Å². The Morgan fingerprint density at radius 3 is 1.91 bits per heavy atom. The molecule has 0 saturated carbocycles. The maximum absolute atomic E-state index is 13.2. The van der Waals surface area contributed by atoms with Crippen molar-refractivity contribution >= 4 is 39.6 Å². The summed E-state index contributed by atoms with van der Waals surface area (Å²) in [6, 6.07) is 25.0. The molecule has 0 spiro atoms. The number of anilines is 1. The van der Waals surface area contributed by atoms with E-state index in [4.69, 9.17) is 27.9 Å². The zero-order chi connectivity index (χ0) is 47.7. The predicted octanol–water partition coefficient (Wildman–Crippen LogP) is 8.41. The van der Waals surface area contributed by atoms with Gasteiger partial charge >= 0.3 is 8.25 Å². The number of methoxy groups -OCH3 is 2. The first kappa shape index (κ1) is 51.1. The Morgan fingerprint density at radius 2 is 1.45 bits per heavy atom. The lowest BCUT2D eigenvalue weighted by Crippen LogP contribution is -2.50. The summed E-state index contributed by atoms with van der Waals surface area (Å²) in [6.45, 7) is 23.8. The lowest BCUT2D eigenvalue weighted by atomic mass is 9.80. The molecule has 1 unspecified atom stereocenters. The van der Waals surface area contributed by atoms with Gasteiger partial charge in [0.05, 0.1) is 27.2 Å². The van der Waals surface area contributed by atoms with Gasteiger partial charge < -0.3 is 28.3 Å². The molecule has 6 rings (SSSR count). The summed E-state index contributed by atoms with van der Waals surface area (Å²) in [6.07, 6.45) is -2.93. The molecule has 1 aliphatic rings. The highest BCUT2D eigenvalue weighted by Crippen LogP contribution is 2.47. The molecule has 1 aliphatic heterocycles. The number of carbonyl (C=O) groups excluding carboxylic acids is 1. The third kappa shape index (κ3) is 11.8. The van der Waals surface area contributed by atoms with Crippen LogP contribution >= 0.6 is 8.25 Å².